The molecule has 0 unspecified atom stereocenters. The number of aliphatic hydroxyl groups is 1. The fourth-order valence-corrected chi connectivity index (χ4v) is 2.74. The summed E-state index contributed by atoms with van der Waals surface area (Å²) in [4.78, 5) is 24.7. The molecular weight excluding hydrogens is 272 g/mol. The number of rotatable bonds is 9. The molecule has 21 heavy (non-hydrogen) atoms. The van der Waals surface area contributed by atoms with Crippen LogP contribution in [0.1, 0.15) is 45.4 Å². The van der Waals surface area contributed by atoms with Gasteiger partial charge < -0.3 is 15.2 Å². The van der Waals surface area contributed by atoms with Crippen molar-refractivity contribution in [2.75, 3.05) is 33.3 Å². The van der Waals surface area contributed by atoms with Crippen LogP contribution >= 0.6 is 0 Å². The molecule has 2 N–H and O–H groups in total. The van der Waals surface area contributed by atoms with Crippen molar-refractivity contribution in [3.8, 4) is 0 Å². The van der Waals surface area contributed by atoms with E-state index in [0.29, 0.717) is 32.5 Å². The highest BCUT2D eigenvalue weighted by atomic mass is 16.5. The highest BCUT2D eigenvalue weighted by molar-refractivity contribution is 5.78. The Balaban J connectivity index is 2.11. The van der Waals surface area contributed by atoms with Gasteiger partial charge in [0.1, 0.15) is 0 Å². The van der Waals surface area contributed by atoms with Crippen molar-refractivity contribution in [1.82, 2.24) is 10.2 Å². The van der Waals surface area contributed by atoms with Crippen molar-refractivity contribution < 1.29 is 19.4 Å². The molecule has 0 saturated heterocycles. The van der Waals surface area contributed by atoms with E-state index >= 15 is 0 Å². The molecule has 1 aliphatic rings. The van der Waals surface area contributed by atoms with Crippen molar-refractivity contribution in [2.24, 2.45) is 0 Å². The number of hydrogen-bond acceptors (Lipinski definition) is 5. The minimum absolute atomic E-state index is 0.0806. The molecule has 1 saturated carbocycles. The first-order valence-corrected chi connectivity index (χ1v) is 7.78. The van der Waals surface area contributed by atoms with Crippen LogP contribution in [-0.2, 0) is 14.3 Å². The zero-order chi connectivity index (χ0) is 15.7. The second kappa shape index (κ2) is 9.00. The number of amides is 1. The minimum Gasteiger partial charge on any atom is -0.466 e. The molecule has 0 aliphatic heterocycles. The first-order valence-electron chi connectivity index (χ1n) is 7.78. The maximum absolute atomic E-state index is 11.8. The maximum Gasteiger partial charge on any atom is 0.305 e. The topological polar surface area (TPSA) is 78.9 Å². The Hall–Kier alpha value is -1.14. The third-order valence-electron chi connectivity index (χ3n) is 3.70. The standard InChI is InChI=1S/C15H28N2O4/c1-3-21-14(19)7-6-10-16-13(18)11-17(2)12-15(20)8-4-5-9-15/h20H,3-12H2,1-2H3,(H,16,18). The maximum atomic E-state index is 11.8. The van der Waals surface area contributed by atoms with Gasteiger partial charge in [-0.2, -0.15) is 0 Å². The molecule has 6 heteroatoms. The molecule has 1 aliphatic carbocycles. The van der Waals surface area contributed by atoms with Gasteiger partial charge >= 0.3 is 5.97 Å². The van der Waals surface area contributed by atoms with Crippen LogP contribution in [-0.4, -0.2) is 60.8 Å². The predicted octanol–water partition coefficient (Wildman–Crippen LogP) is 0.683. The quantitative estimate of drug-likeness (QED) is 0.484. The van der Waals surface area contributed by atoms with Crippen LogP contribution in [0.15, 0.2) is 0 Å². The van der Waals surface area contributed by atoms with E-state index in [0.717, 1.165) is 25.7 Å². The third kappa shape index (κ3) is 7.43. The molecule has 122 valence electrons. The van der Waals surface area contributed by atoms with Gasteiger partial charge in [0.05, 0.1) is 18.8 Å². The zero-order valence-electron chi connectivity index (χ0n) is 13.2. The molecule has 0 atom stereocenters. The first-order chi connectivity index (χ1) is 9.95. The molecule has 1 fully saturated rings. The van der Waals surface area contributed by atoms with Crippen LogP contribution in [0.5, 0.6) is 0 Å². The number of ether oxygens (including phenoxy) is 1. The van der Waals surface area contributed by atoms with Crippen LogP contribution < -0.4 is 5.32 Å². The molecule has 0 spiro atoms. The van der Waals surface area contributed by atoms with E-state index in [4.69, 9.17) is 4.74 Å². The second-order valence-corrected chi connectivity index (χ2v) is 5.86. The molecule has 0 heterocycles. The second-order valence-electron chi connectivity index (χ2n) is 5.86. The van der Waals surface area contributed by atoms with E-state index in [2.05, 4.69) is 5.32 Å². The van der Waals surface area contributed by atoms with E-state index in [-0.39, 0.29) is 18.4 Å². The average Bonchev–Trinajstić information content (AvgIpc) is 2.81. The Bertz CT molecular complexity index is 341. The van der Waals surface area contributed by atoms with E-state index in [1.807, 2.05) is 11.9 Å². The lowest BCUT2D eigenvalue weighted by Crippen LogP contribution is -2.43. The van der Waals surface area contributed by atoms with Gasteiger partial charge in [-0.1, -0.05) is 12.8 Å². The highest BCUT2D eigenvalue weighted by Crippen LogP contribution is 2.29. The largest absolute Gasteiger partial charge is 0.466 e. The minimum atomic E-state index is -0.626. The Kier molecular flexibility index (Phi) is 7.67. The lowest BCUT2D eigenvalue weighted by molar-refractivity contribution is -0.143. The number of carbonyl (C=O) groups is 2. The molecular formula is C15H28N2O4. The highest BCUT2D eigenvalue weighted by Gasteiger charge is 2.32. The van der Waals surface area contributed by atoms with Crippen LogP contribution in [0.25, 0.3) is 0 Å². The summed E-state index contributed by atoms with van der Waals surface area (Å²) < 4.78 is 4.81. The van der Waals surface area contributed by atoms with Crippen LogP contribution in [0.3, 0.4) is 0 Å². The van der Waals surface area contributed by atoms with E-state index in [1.54, 1.807) is 6.92 Å². The monoisotopic (exact) mass is 300 g/mol. The molecule has 0 radical (unpaired) electrons. The van der Waals surface area contributed by atoms with Gasteiger partial charge in [0.25, 0.3) is 0 Å². The molecule has 0 aromatic heterocycles. The van der Waals surface area contributed by atoms with Gasteiger partial charge in [-0.25, -0.2) is 0 Å². The summed E-state index contributed by atoms with van der Waals surface area (Å²) >= 11 is 0. The summed E-state index contributed by atoms with van der Waals surface area (Å²) in [6.07, 6.45) is 4.66. The zero-order valence-corrected chi connectivity index (χ0v) is 13.2. The van der Waals surface area contributed by atoms with E-state index < -0.39 is 5.60 Å². The molecule has 1 amide bonds. The number of nitrogens with one attached hydrogen (secondary N) is 1. The van der Waals surface area contributed by atoms with Crippen molar-refractivity contribution in [3.63, 3.8) is 0 Å². The van der Waals surface area contributed by atoms with Gasteiger partial charge in [0.2, 0.25) is 5.91 Å². The third-order valence-corrected chi connectivity index (χ3v) is 3.70. The predicted molar refractivity (Wildman–Crippen MR) is 79.8 cm³/mol. The van der Waals surface area contributed by atoms with Crippen LogP contribution in [0.4, 0.5) is 0 Å². The van der Waals surface area contributed by atoms with Crippen molar-refractivity contribution in [3.05, 3.63) is 0 Å². The Morgan fingerprint density at radius 3 is 2.62 bits per heavy atom. The van der Waals surface area contributed by atoms with Gasteiger partial charge in [0.15, 0.2) is 0 Å². The molecule has 0 aromatic carbocycles. The summed E-state index contributed by atoms with van der Waals surface area (Å²) in [6, 6.07) is 0. The van der Waals surface area contributed by atoms with Crippen LogP contribution in [0.2, 0.25) is 0 Å². The van der Waals surface area contributed by atoms with Gasteiger partial charge in [0, 0.05) is 19.5 Å². The van der Waals surface area contributed by atoms with Gasteiger partial charge in [-0.15, -0.1) is 0 Å². The van der Waals surface area contributed by atoms with Gasteiger partial charge in [-0.3, -0.25) is 14.5 Å². The lowest BCUT2D eigenvalue weighted by atomic mass is 10.0. The number of likely N-dealkylation sites (N-methyl/N-ethyl adjacent to an activating group) is 1. The number of esters is 1. The van der Waals surface area contributed by atoms with Crippen molar-refractivity contribution in [1.29, 1.82) is 0 Å². The summed E-state index contributed by atoms with van der Waals surface area (Å²) in [5.41, 5.74) is -0.626. The lowest BCUT2D eigenvalue weighted by Gasteiger charge is -2.28. The number of carbonyl (C=O) groups excluding carboxylic acids is 2. The normalized spacial score (nSPS) is 17.0. The summed E-state index contributed by atoms with van der Waals surface area (Å²) in [5, 5.41) is 13.1. The fourth-order valence-electron chi connectivity index (χ4n) is 2.74. The molecule has 1 rings (SSSR count). The Morgan fingerprint density at radius 2 is 2.00 bits per heavy atom. The summed E-state index contributed by atoms with van der Waals surface area (Å²) in [7, 11) is 1.84. The molecule has 6 nitrogen and oxygen atoms in total. The molecule has 0 bridgehead atoms. The van der Waals surface area contributed by atoms with Gasteiger partial charge in [-0.05, 0) is 33.2 Å². The van der Waals surface area contributed by atoms with E-state index in [9.17, 15) is 14.7 Å². The first kappa shape index (κ1) is 17.9. The van der Waals surface area contributed by atoms with E-state index in [1.165, 1.54) is 0 Å². The number of hydrogen-bond donors (Lipinski definition) is 2. The summed E-state index contributed by atoms with van der Waals surface area (Å²) in [6.45, 7) is 3.42. The van der Waals surface area contributed by atoms with Crippen molar-refractivity contribution >= 4 is 11.9 Å². The Labute approximate surface area is 126 Å². The summed E-state index contributed by atoms with van der Waals surface area (Å²) in [5.74, 6) is -0.310. The fraction of sp³-hybridized carbons (Fsp3) is 0.867. The van der Waals surface area contributed by atoms with Crippen LogP contribution in [0, 0.1) is 0 Å². The smallest absolute Gasteiger partial charge is 0.305 e. The average molecular weight is 300 g/mol. The Morgan fingerprint density at radius 1 is 1.33 bits per heavy atom. The SMILES string of the molecule is CCOC(=O)CCCNC(=O)CN(C)CC1(O)CCCC1. The van der Waals surface area contributed by atoms with Crippen molar-refractivity contribution in [2.45, 2.75) is 51.0 Å². The molecule has 0 aromatic rings. The number of nitrogens with zero attached hydrogens (tertiary/aromatic N) is 1.